The van der Waals surface area contributed by atoms with Gasteiger partial charge in [-0.2, -0.15) is 0 Å². The summed E-state index contributed by atoms with van der Waals surface area (Å²) >= 11 is 1.70. The Morgan fingerprint density at radius 1 is 1.35 bits per heavy atom. The van der Waals surface area contributed by atoms with Gasteiger partial charge in [0.25, 0.3) is 0 Å². The fraction of sp³-hybridized carbons (Fsp3) is 0.308. The van der Waals surface area contributed by atoms with Gasteiger partial charge in [-0.25, -0.2) is 4.98 Å². The topological polar surface area (TPSA) is 50.9 Å². The van der Waals surface area contributed by atoms with Gasteiger partial charge in [0, 0.05) is 17.3 Å². The average molecular weight is 247 g/mol. The number of rotatable bonds is 5. The fourth-order valence-corrected chi connectivity index (χ4v) is 2.50. The molecule has 2 rings (SSSR count). The first-order valence-corrected chi connectivity index (χ1v) is 6.64. The predicted molar refractivity (Wildman–Crippen MR) is 73.1 cm³/mol. The SMILES string of the molecule is CCN[C@@H](Cc1ccc(N)cc1)c1nccs1. The van der Waals surface area contributed by atoms with Crippen molar-refractivity contribution >= 4 is 17.0 Å². The van der Waals surface area contributed by atoms with E-state index in [0.717, 1.165) is 23.7 Å². The molecule has 1 aromatic heterocycles. The minimum atomic E-state index is 0.295. The number of anilines is 1. The van der Waals surface area contributed by atoms with Crippen LogP contribution in [0.4, 0.5) is 5.69 Å². The van der Waals surface area contributed by atoms with Crippen LogP contribution < -0.4 is 11.1 Å². The highest BCUT2D eigenvalue weighted by atomic mass is 32.1. The van der Waals surface area contributed by atoms with Gasteiger partial charge in [0.05, 0.1) is 6.04 Å². The van der Waals surface area contributed by atoms with Crippen LogP contribution >= 0.6 is 11.3 Å². The molecule has 0 aliphatic rings. The molecule has 4 heteroatoms. The number of nitrogens with zero attached hydrogens (tertiary/aromatic N) is 1. The third-order valence-corrected chi connectivity index (χ3v) is 3.51. The van der Waals surface area contributed by atoms with Crippen LogP contribution in [0.15, 0.2) is 35.8 Å². The molecule has 0 unspecified atom stereocenters. The lowest BCUT2D eigenvalue weighted by Crippen LogP contribution is -2.22. The second-order valence-corrected chi connectivity index (χ2v) is 4.85. The smallest absolute Gasteiger partial charge is 0.110 e. The molecule has 0 spiro atoms. The highest BCUT2D eigenvalue weighted by Crippen LogP contribution is 2.20. The molecular weight excluding hydrogens is 230 g/mol. The van der Waals surface area contributed by atoms with Crippen molar-refractivity contribution in [2.75, 3.05) is 12.3 Å². The Kier molecular flexibility index (Phi) is 4.12. The van der Waals surface area contributed by atoms with E-state index in [0.29, 0.717) is 6.04 Å². The Balaban J connectivity index is 2.10. The Bertz CT molecular complexity index is 436. The van der Waals surface area contributed by atoms with Crippen molar-refractivity contribution in [3.8, 4) is 0 Å². The molecule has 0 aliphatic heterocycles. The summed E-state index contributed by atoms with van der Waals surface area (Å²) in [6, 6.07) is 8.34. The number of benzene rings is 1. The summed E-state index contributed by atoms with van der Waals surface area (Å²) in [7, 11) is 0. The van der Waals surface area contributed by atoms with Gasteiger partial charge in [-0.05, 0) is 30.7 Å². The van der Waals surface area contributed by atoms with Crippen LogP contribution in [0.1, 0.15) is 23.5 Å². The largest absolute Gasteiger partial charge is 0.399 e. The molecule has 3 N–H and O–H groups in total. The first-order chi connectivity index (χ1) is 8.29. The van der Waals surface area contributed by atoms with Gasteiger partial charge in [-0.1, -0.05) is 19.1 Å². The van der Waals surface area contributed by atoms with Crippen molar-refractivity contribution in [1.29, 1.82) is 0 Å². The summed E-state index contributed by atoms with van der Waals surface area (Å²) in [5.74, 6) is 0. The van der Waals surface area contributed by atoms with Gasteiger partial charge in [0.15, 0.2) is 0 Å². The van der Waals surface area contributed by atoms with Gasteiger partial charge in [-0.3, -0.25) is 0 Å². The van der Waals surface area contributed by atoms with E-state index in [-0.39, 0.29) is 0 Å². The Hall–Kier alpha value is -1.39. The van der Waals surface area contributed by atoms with Crippen LogP contribution in [0.5, 0.6) is 0 Å². The number of hydrogen-bond donors (Lipinski definition) is 2. The number of aromatic nitrogens is 1. The van der Waals surface area contributed by atoms with Crippen molar-refractivity contribution in [3.63, 3.8) is 0 Å². The molecule has 0 saturated heterocycles. The van der Waals surface area contributed by atoms with E-state index in [9.17, 15) is 0 Å². The average Bonchev–Trinajstić information content (AvgIpc) is 2.85. The number of thiazole rings is 1. The maximum atomic E-state index is 5.68. The number of nitrogens with two attached hydrogens (primary N) is 1. The first kappa shape index (κ1) is 12.1. The van der Waals surface area contributed by atoms with E-state index in [2.05, 4.69) is 29.4 Å². The molecule has 2 aromatic rings. The van der Waals surface area contributed by atoms with Crippen molar-refractivity contribution in [1.82, 2.24) is 10.3 Å². The van der Waals surface area contributed by atoms with Gasteiger partial charge < -0.3 is 11.1 Å². The van der Waals surface area contributed by atoms with Crippen molar-refractivity contribution < 1.29 is 0 Å². The van der Waals surface area contributed by atoms with E-state index >= 15 is 0 Å². The molecule has 3 nitrogen and oxygen atoms in total. The predicted octanol–water partition coefficient (Wildman–Crippen LogP) is 2.62. The van der Waals surface area contributed by atoms with E-state index in [1.54, 1.807) is 11.3 Å². The third-order valence-electron chi connectivity index (χ3n) is 2.62. The molecule has 0 bridgehead atoms. The molecule has 1 atom stereocenters. The minimum absolute atomic E-state index is 0.295. The minimum Gasteiger partial charge on any atom is -0.399 e. The summed E-state index contributed by atoms with van der Waals surface area (Å²) in [5, 5.41) is 6.62. The molecule has 0 saturated carbocycles. The second-order valence-electron chi connectivity index (χ2n) is 3.93. The van der Waals surface area contributed by atoms with Gasteiger partial charge in [0.1, 0.15) is 5.01 Å². The van der Waals surface area contributed by atoms with Gasteiger partial charge in [-0.15, -0.1) is 11.3 Å². The lowest BCUT2D eigenvalue weighted by Gasteiger charge is -2.15. The zero-order chi connectivity index (χ0) is 12.1. The van der Waals surface area contributed by atoms with Crippen LogP contribution in [0.2, 0.25) is 0 Å². The van der Waals surface area contributed by atoms with Crippen LogP contribution in [0.25, 0.3) is 0 Å². The molecule has 0 radical (unpaired) electrons. The number of nitrogens with one attached hydrogen (secondary N) is 1. The van der Waals surface area contributed by atoms with Crippen LogP contribution in [0, 0.1) is 0 Å². The zero-order valence-electron chi connectivity index (χ0n) is 9.89. The normalized spacial score (nSPS) is 12.5. The molecule has 1 heterocycles. The summed E-state index contributed by atoms with van der Waals surface area (Å²) in [6.45, 7) is 3.06. The summed E-state index contributed by atoms with van der Waals surface area (Å²) in [6.07, 6.45) is 2.80. The highest BCUT2D eigenvalue weighted by Gasteiger charge is 2.13. The van der Waals surface area contributed by atoms with Crippen molar-refractivity contribution in [2.45, 2.75) is 19.4 Å². The Labute approximate surface area is 106 Å². The molecule has 90 valence electrons. The van der Waals surface area contributed by atoms with E-state index < -0.39 is 0 Å². The van der Waals surface area contributed by atoms with E-state index in [1.807, 2.05) is 23.7 Å². The molecule has 0 aliphatic carbocycles. The lowest BCUT2D eigenvalue weighted by atomic mass is 10.1. The molecule has 0 fully saturated rings. The lowest BCUT2D eigenvalue weighted by molar-refractivity contribution is 0.547. The molecule has 1 aromatic carbocycles. The number of likely N-dealkylation sites (N-methyl/N-ethyl adjacent to an activating group) is 1. The fourth-order valence-electron chi connectivity index (χ4n) is 1.79. The maximum Gasteiger partial charge on any atom is 0.110 e. The summed E-state index contributed by atoms with van der Waals surface area (Å²) in [4.78, 5) is 4.38. The van der Waals surface area contributed by atoms with E-state index in [1.165, 1.54) is 5.56 Å². The van der Waals surface area contributed by atoms with Gasteiger partial charge in [0.2, 0.25) is 0 Å². The van der Waals surface area contributed by atoms with Crippen molar-refractivity contribution in [3.05, 3.63) is 46.4 Å². The van der Waals surface area contributed by atoms with Crippen LogP contribution in [0.3, 0.4) is 0 Å². The zero-order valence-corrected chi connectivity index (χ0v) is 10.7. The Morgan fingerprint density at radius 2 is 2.12 bits per heavy atom. The van der Waals surface area contributed by atoms with Crippen LogP contribution in [-0.4, -0.2) is 11.5 Å². The Morgan fingerprint density at radius 3 is 2.71 bits per heavy atom. The monoisotopic (exact) mass is 247 g/mol. The quantitative estimate of drug-likeness (QED) is 0.799. The van der Waals surface area contributed by atoms with E-state index in [4.69, 9.17) is 5.73 Å². The number of nitrogen functional groups attached to an aromatic ring is 1. The van der Waals surface area contributed by atoms with Crippen LogP contribution in [-0.2, 0) is 6.42 Å². The summed E-state index contributed by atoms with van der Waals surface area (Å²) < 4.78 is 0. The summed E-state index contributed by atoms with van der Waals surface area (Å²) in [5.41, 5.74) is 7.77. The number of hydrogen-bond acceptors (Lipinski definition) is 4. The standard InChI is InChI=1S/C13H17N3S/c1-2-15-12(13-16-7-8-17-13)9-10-3-5-11(14)6-4-10/h3-8,12,15H,2,9,14H2,1H3/t12-/m0/s1. The third kappa shape index (κ3) is 3.28. The highest BCUT2D eigenvalue weighted by molar-refractivity contribution is 7.09. The molecule has 17 heavy (non-hydrogen) atoms. The molecule has 0 amide bonds. The van der Waals surface area contributed by atoms with Gasteiger partial charge >= 0.3 is 0 Å². The van der Waals surface area contributed by atoms with Crippen molar-refractivity contribution in [2.24, 2.45) is 0 Å². The molecular formula is C13H17N3S. The second kappa shape index (κ2) is 5.80. The maximum absolute atomic E-state index is 5.68. The first-order valence-electron chi connectivity index (χ1n) is 5.76.